The summed E-state index contributed by atoms with van der Waals surface area (Å²) in [5.41, 5.74) is -0.831. The van der Waals surface area contributed by atoms with Gasteiger partial charge in [-0.25, -0.2) is 9.78 Å². The molecule has 1 aromatic heterocycles. The minimum Gasteiger partial charge on any atom is -0.477 e. The van der Waals surface area contributed by atoms with Crippen LogP contribution in [0.2, 0.25) is 0 Å². The van der Waals surface area contributed by atoms with E-state index < -0.39 is 16.6 Å². The van der Waals surface area contributed by atoms with Crippen molar-refractivity contribution in [1.29, 1.82) is 0 Å². The molecule has 102 valence electrons. The average Bonchev–Trinajstić information content (AvgIpc) is 2.39. The molecule has 19 heavy (non-hydrogen) atoms. The van der Waals surface area contributed by atoms with Crippen molar-refractivity contribution in [3.8, 4) is 0 Å². The Bertz CT molecular complexity index is 503. The van der Waals surface area contributed by atoms with Crippen molar-refractivity contribution in [2.45, 2.75) is 18.9 Å². The molecule has 1 aliphatic heterocycles. The normalized spacial score (nSPS) is 18.8. The van der Waals surface area contributed by atoms with Gasteiger partial charge >= 0.3 is 11.7 Å². The number of carbonyl (C=O) groups is 1. The molecule has 2 heterocycles. The van der Waals surface area contributed by atoms with Gasteiger partial charge in [-0.3, -0.25) is 10.1 Å². The van der Waals surface area contributed by atoms with E-state index in [1.807, 2.05) is 11.8 Å². The lowest BCUT2D eigenvalue weighted by Crippen LogP contribution is -2.26. The minimum atomic E-state index is -1.32. The molecule has 1 atom stereocenters. The van der Waals surface area contributed by atoms with Crippen LogP contribution < -0.4 is 5.32 Å². The lowest BCUT2D eigenvalue weighted by molar-refractivity contribution is -0.385. The van der Waals surface area contributed by atoms with Crippen molar-refractivity contribution in [3.05, 3.63) is 27.9 Å². The Balaban J connectivity index is 2.20. The molecule has 1 saturated heterocycles. The monoisotopic (exact) mass is 283 g/mol. The van der Waals surface area contributed by atoms with Crippen LogP contribution in [0, 0.1) is 10.1 Å². The zero-order valence-electron chi connectivity index (χ0n) is 10.0. The predicted octanol–water partition coefficient (Wildman–Crippen LogP) is 2.00. The molecular weight excluding hydrogens is 270 g/mol. The van der Waals surface area contributed by atoms with Gasteiger partial charge in [0.2, 0.25) is 0 Å². The number of nitrogens with one attached hydrogen (secondary N) is 1. The molecule has 0 spiro atoms. The first-order chi connectivity index (χ1) is 9.08. The summed E-state index contributed by atoms with van der Waals surface area (Å²) in [6.45, 7) is 0. The van der Waals surface area contributed by atoms with Crippen LogP contribution in [0.1, 0.15) is 23.2 Å². The van der Waals surface area contributed by atoms with Crippen LogP contribution in [0.5, 0.6) is 0 Å². The van der Waals surface area contributed by atoms with Crippen LogP contribution in [-0.2, 0) is 0 Å². The zero-order chi connectivity index (χ0) is 13.8. The van der Waals surface area contributed by atoms with Crippen LogP contribution in [0.4, 0.5) is 11.5 Å². The maximum absolute atomic E-state index is 11.0. The number of carboxylic acids is 1. The number of aromatic nitrogens is 1. The quantitative estimate of drug-likeness (QED) is 0.643. The topological polar surface area (TPSA) is 105 Å². The van der Waals surface area contributed by atoms with Gasteiger partial charge in [0.1, 0.15) is 17.6 Å². The maximum atomic E-state index is 11.0. The third-order valence-corrected chi connectivity index (χ3v) is 4.04. The summed E-state index contributed by atoms with van der Waals surface area (Å²) in [6, 6.07) is 1.45. The highest BCUT2D eigenvalue weighted by Crippen LogP contribution is 2.23. The number of hydrogen-bond donors (Lipinski definition) is 2. The Morgan fingerprint density at radius 2 is 2.42 bits per heavy atom. The number of pyridine rings is 1. The summed E-state index contributed by atoms with van der Waals surface area (Å²) in [6.07, 6.45) is 3.08. The van der Waals surface area contributed by atoms with Crippen LogP contribution in [0.3, 0.4) is 0 Å². The molecule has 0 radical (unpaired) electrons. The van der Waals surface area contributed by atoms with E-state index in [1.165, 1.54) is 6.07 Å². The van der Waals surface area contributed by atoms with Crippen molar-refractivity contribution in [1.82, 2.24) is 4.98 Å². The average molecular weight is 283 g/mol. The van der Waals surface area contributed by atoms with Gasteiger partial charge in [-0.05, 0) is 18.6 Å². The van der Waals surface area contributed by atoms with Crippen molar-refractivity contribution >= 4 is 29.2 Å². The molecule has 0 amide bonds. The maximum Gasteiger partial charge on any atom is 0.342 e. The fraction of sp³-hybridized carbons (Fsp3) is 0.455. The summed E-state index contributed by atoms with van der Waals surface area (Å²) in [4.78, 5) is 24.9. The highest BCUT2D eigenvalue weighted by molar-refractivity contribution is 7.99. The summed E-state index contributed by atoms with van der Waals surface area (Å²) in [5, 5.41) is 22.8. The predicted molar refractivity (Wildman–Crippen MR) is 71.8 cm³/mol. The summed E-state index contributed by atoms with van der Waals surface area (Å²) < 4.78 is 0. The molecule has 2 rings (SSSR count). The van der Waals surface area contributed by atoms with E-state index in [4.69, 9.17) is 5.11 Å². The summed E-state index contributed by atoms with van der Waals surface area (Å²) in [5.74, 6) is 1.11. The first-order valence-corrected chi connectivity index (χ1v) is 6.95. The molecule has 7 nitrogen and oxygen atoms in total. The van der Waals surface area contributed by atoms with Crippen molar-refractivity contribution < 1.29 is 14.8 Å². The second kappa shape index (κ2) is 5.87. The molecule has 0 bridgehead atoms. The van der Waals surface area contributed by atoms with Crippen molar-refractivity contribution in [2.24, 2.45) is 0 Å². The second-order valence-electron chi connectivity index (χ2n) is 4.21. The van der Waals surface area contributed by atoms with Crippen LogP contribution in [-0.4, -0.2) is 38.5 Å². The van der Waals surface area contributed by atoms with E-state index in [-0.39, 0.29) is 11.6 Å². The molecule has 0 aromatic carbocycles. The lowest BCUT2D eigenvalue weighted by atomic mass is 10.1. The van der Waals surface area contributed by atoms with E-state index in [1.54, 1.807) is 0 Å². The summed E-state index contributed by atoms with van der Waals surface area (Å²) >= 11 is 1.83. The first kappa shape index (κ1) is 13.6. The zero-order valence-corrected chi connectivity index (χ0v) is 10.9. The Labute approximate surface area is 113 Å². The molecule has 1 aromatic rings. The van der Waals surface area contributed by atoms with E-state index in [0.29, 0.717) is 5.82 Å². The number of thioether (sulfide) groups is 1. The fourth-order valence-corrected chi connectivity index (χ4v) is 2.98. The Kier molecular flexibility index (Phi) is 4.20. The molecule has 1 unspecified atom stereocenters. The number of aromatic carboxylic acids is 1. The Hall–Kier alpha value is -1.83. The van der Waals surface area contributed by atoms with Gasteiger partial charge in [0.25, 0.3) is 0 Å². The molecule has 1 aliphatic rings. The van der Waals surface area contributed by atoms with Gasteiger partial charge in [-0.1, -0.05) is 0 Å². The third-order valence-electron chi connectivity index (χ3n) is 2.82. The summed E-state index contributed by atoms with van der Waals surface area (Å²) in [7, 11) is 0. The fourth-order valence-electron chi connectivity index (χ4n) is 1.91. The van der Waals surface area contributed by atoms with Crippen molar-refractivity contribution in [2.75, 3.05) is 16.8 Å². The largest absolute Gasteiger partial charge is 0.477 e. The lowest BCUT2D eigenvalue weighted by Gasteiger charge is -2.22. The first-order valence-electron chi connectivity index (χ1n) is 5.80. The van der Waals surface area contributed by atoms with Crippen LogP contribution in [0.15, 0.2) is 12.3 Å². The number of anilines is 1. The van der Waals surface area contributed by atoms with Gasteiger partial charge in [-0.15, -0.1) is 0 Å². The molecule has 8 heteroatoms. The number of carboxylic acid groups (broad SMARTS) is 1. The van der Waals surface area contributed by atoms with Gasteiger partial charge < -0.3 is 10.4 Å². The molecule has 1 fully saturated rings. The van der Waals surface area contributed by atoms with Gasteiger partial charge in [0.15, 0.2) is 0 Å². The van der Waals surface area contributed by atoms with Crippen LogP contribution >= 0.6 is 11.8 Å². The molecule has 0 aliphatic carbocycles. The smallest absolute Gasteiger partial charge is 0.342 e. The van der Waals surface area contributed by atoms with Gasteiger partial charge in [-0.2, -0.15) is 11.8 Å². The number of nitro groups is 1. The minimum absolute atomic E-state index is 0.231. The number of nitrogens with zero attached hydrogens (tertiary/aromatic N) is 2. The van der Waals surface area contributed by atoms with E-state index in [2.05, 4.69) is 10.3 Å². The number of hydrogen-bond acceptors (Lipinski definition) is 6. The van der Waals surface area contributed by atoms with E-state index >= 15 is 0 Å². The van der Waals surface area contributed by atoms with E-state index in [9.17, 15) is 14.9 Å². The van der Waals surface area contributed by atoms with Gasteiger partial charge in [0.05, 0.1) is 4.92 Å². The standard InChI is InChI=1S/C11H13N3O4S/c15-11(16)8-4-10(12-5-9(8)14(17)18)13-7-2-1-3-19-6-7/h4-5,7H,1-3,6H2,(H,12,13)(H,15,16). The van der Waals surface area contributed by atoms with Crippen molar-refractivity contribution in [3.63, 3.8) is 0 Å². The Morgan fingerprint density at radius 1 is 1.63 bits per heavy atom. The number of rotatable bonds is 4. The molecule has 0 saturated carbocycles. The highest BCUT2D eigenvalue weighted by Gasteiger charge is 2.22. The SMILES string of the molecule is O=C(O)c1cc(NC2CCCSC2)ncc1[N+](=O)[O-]. The molecule has 2 N–H and O–H groups in total. The van der Waals surface area contributed by atoms with Gasteiger partial charge in [0, 0.05) is 17.9 Å². The molecular formula is C11H13N3O4S. The second-order valence-corrected chi connectivity index (χ2v) is 5.36. The van der Waals surface area contributed by atoms with E-state index in [0.717, 1.165) is 30.5 Å². The third kappa shape index (κ3) is 3.34. The van der Waals surface area contributed by atoms with Crippen LogP contribution in [0.25, 0.3) is 0 Å². The Morgan fingerprint density at radius 3 is 3.00 bits per heavy atom. The highest BCUT2D eigenvalue weighted by atomic mass is 32.2.